The van der Waals surface area contributed by atoms with Crippen LogP contribution < -0.4 is 18.9 Å². The Labute approximate surface area is 138 Å². The van der Waals surface area contributed by atoms with Crippen LogP contribution in [0.1, 0.15) is 0 Å². The zero-order valence-electron chi connectivity index (χ0n) is 13.1. The quantitative estimate of drug-likeness (QED) is 0.795. The Morgan fingerprint density at radius 2 is 2.04 bits per heavy atom. The van der Waals surface area contributed by atoms with Crippen molar-refractivity contribution in [2.75, 3.05) is 21.0 Å². The van der Waals surface area contributed by atoms with E-state index >= 15 is 0 Å². The molecule has 1 aliphatic rings. The molecule has 24 heavy (non-hydrogen) atoms. The Bertz CT molecular complexity index is 874. The second-order valence-corrected chi connectivity index (χ2v) is 5.09. The number of ether oxygens (including phenoxy) is 4. The maximum Gasteiger partial charge on any atom is 0.231 e. The smallest absolute Gasteiger partial charge is 0.231 e. The summed E-state index contributed by atoms with van der Waals surface area (Å²) in [6.07, 6.45) is 0. The van der Waals surface area contributed by atoms with E-state index in [-0.39, 0.29) is 6.79 Å². The van der Waals surface area contributed by atoms with Gasteiger partial charge in [0.05, 0.1) is 19.9 Å². The first-order chi connectivity index (χ1) is 11.8. The highest BCUT2D eigenvalue weighted by Crippen LogP contribution is 2.44. The number of methoxy groups -OCH3 is 2. The second-order valence-electron chi connectivity index (χ2n) is 5.09. The molecule has 2 aromatic carbocycles. The van der Waals surface area contributed by atoms with Crippen LogP contribution in [0.25, 0.3) is 22.5 Å². The van der Waals surface area contributed by atoms with E-state index in [1.807, 2.05) is 30.3 Å². The third-order valence-corrected chi connectivity index (χ3v) is 3.77. The summed E-state index contributed by atoms with van der Waals surface area (Å²) in [5, 5.41) is 11.1. The highest BCUT2D eigenvalue weighted by molar-refractivity contribution is 5.80. The van der Waals surface area contributed by atoms with Gasteiger partial charge in [0, 0.05) is 17.2 Å². The highest BCUT2D eigenvalue weighted by Gasteiger charge is 2.23. The molecule has 1 N–H and O–H groups in total. The van der Waals surface area contributed by atoms with E-state index < -0.39 is 0 Å². The van der Waals surface area contributed by atoms with Gasteiger partial charge in [0.25, 0.3) is 0 Å². The van der Waals surface area contributed by atoms with Crippen LogP contribution in [0, 0.1) is 6.07 Å². The highest BCUT2D eigenvalue weighted by atomic mass is 16.7. The molecule has 1 aromatic heterocycles. The van der Waals surface area contributed by atoms with Gasteiger partial charge in [-0.3, -0.25) is 5.10 Å². The average molecular weight is 324 g/mol. The number of hydrogen-bond donors (Lipinski definition) is 1. The Hall–Kier alpha value is -3.22. The van der Waals surface area contributed by atoms with Crippen molar-refractivity contribution in [3.8, 4) is 45.5 Å². The van der Waals surface area contributed by atoms with E-state index in [9.17, 15) is 0 Å². The molecule has 0 bridgehead atoms. The predicted molar refractivity (Wildman–Crippen MR) is 85.3 cm³/mol. The number of aromatic nitrogens is 3. The van der Waals surface area contributed by atoms with Crippen molar-refractivity contribution >= 4 is 0 Å². The van der Waals surface area contributed by atoms with Gasteiger partial charge in [0.1, 0.15) is 11.4 Å². The fourth-order valence-electron chi connectivity index (χ4n) is 2.59. The molecule has 1 radical (unpaired) electrons. The molecule has 1 aliphatic heterocycles. The second kappa shape index (κ2) is 5.77. The van der Waals surface area contributed by atoms with Crippen LogP contribution in [0.3, 0.4) is 0 Å². The van der Waals surface area contributed by atoms with Gasteiger partial charge in [0.2, 0.25) is 12.5 Å². The molecule has 0 fully saturated rings. The molecule has 0 saturated heterocycles. The van der Waals surface area contributed by atoms with Crippen LogP contribution in [-0.4, -0.2) is 36.4 Å². The topological polar surface area (TPSA) is 78.5 Å². The normalized spacial score (nSPS) is 12.2. The summed E-state index contributed by atoms with van der Waals surface area (Å²) in [7, 11) is 3.19. The minimum Gasteiger partial charge on any atom is -0.496 e. The number of fused-ring (bicyclic) bond motifs is 1. The van der Waals surface area contributed by atoms with E-state index in [0.717, 1.165) is 16.8 Å². The van der Waals surface area contributed by atoms with Crippen molar-refractivity contribution in [2.45, 2.75) is 0 Å². The third-order valence-electron chi connectivity index (χ3n) is 3.77. The zero-order valence-corrected chi connectivity index (χ0v) is 13.1. The number of benzene rings is 2. The van der Waals surface area contributed by atoms with Crippen LogP contribution in [-0.2, 0) is 0 Å². The molecule has 0 unspecified atom stereocenters. The maximum atomic E-state index is 5.47. The summed E-state index contributed by atoms with van der Waals surface area (Å²) in [5.41, 5.74) is 3.17. The van der Waals surface area contributed by atoms with Crippen LogP contribution in [0.5, 0.6) is 23.0 Å². The average Bonchev–Trinajstić information content (AvgIpc) is 3.29. The molecule has 0 spiro atoms. The Balaban J connectivity index is 1.80. The fourth-order valence-corrected chi connectivity index (χ4v) is 2.59. The molecule has 0 aliphatic carbocycles. The summed E-state index contributed by atoms with van der Waals surface area (Å²) < 4.78 is 21.4. The molecule has 7 nitrogen and oxygen atoms in total. The van der Waals surface area contributed by atoms with E-state index in [1.54, 1.807) is 14.2 Å². The molecule has 4 rings (SSSR count). The molecular formula is C17H14N3O4. The van der Waals surface area contributed by atoms with Crippen LogP contribution in [0.2, 0.25) is 0 Å². The summed E-state index contributed by atoms with van der Waals surface area (Å²) in [6.45, 7) is 0.175. The standard InChI is InChI=1S/C17H14N3O4/c1-21-12-5-3-10(4-6-12)15-16(19-20-18-15)11-7-13(22-2)17-14(8-11)23-9-24-17/h3-5,7-8H,9H2,1-2H3,(H,18,19,20). The Kier molecular flexibility index (Phi) is 3.45. The first-order valence-electron chi connectivity index (χ1n) is 7.25. The van der Waals surface area contributed by atoms with Crippen molar-refractivity contribution < 1.29 is 18.9 Å². The van der Waals surface area contributed by atoms with Gasteiger partial charge in [-0.1, -0.05) is 5.21 Å². The van der Waals surface area contributed by atoms with Gasteiger partial charge < -0.3 is 18.9 Å². The van der Waals surface area contributed by atoms with Gasteiger partial charge in [-0.25, -0.2) is 0 Å². The zero-order chi connectivity index (χ0) is 16.5. The molecular weight excluding hydrogens is 310 g/mol. The first-order valence-corrected chi connectivity index (χ1v) is 7.25. The SMILES string of the molecule is COc1[c]cc(-c2[nH]nnc2-c2cc(OC)c3c(c2)OCO3)cc1. The summed E-state index contributed by atoms with van der Waals surface area (Å²) in [5.74, 6) is 2.48. The minimum atomic E-state index is 0.175. The van der Waals surface area contributed by atoms with Gasteiger partial charge >= 0.3 is 0 Å². The van der Waals surface area contributed by atoms with Crippen molar-refractivity contribution in [2.24, 2.45) is 0 Å². The van der Waals surface area contributed by atoms with Crippen molar-refractivity contribution in [3.63, 3.8) is 0 Å². The summed E-state index contributed by atoms with van der Waals surface area (Å²) in [6, 6.07) is 12.3. The summed E-state index contributed by atoms with van der Waals surface area (Å²) >= 11 is 0. The third kappa shape index (κ3) is 2.30. The van der Waals surface area contributed by atoms with Gasteiger partial charge in [-0.15, -0.1) is 5.10 Å². The van der Waals surface area contributed by atoms with Crippen LogP contribution in [0.15, 0.2) is 30.3 Å². The predicted octanol–water partition coefficient (Wildman–Crippen LogP) is 2.68. The lowest BCUT2D eigenvalue weighted by molar-refractivity contribution is 0.171. The Morgan fingerprint density at radius 1 is 1.12 bits per heavy atom. The number of nitrogens with zero attached hydrogens (tertiary/aromatic N) is 2. The maximum absolute atomic E-state index is 5.47. The number of nitrogens with one attached hydrogen (secondary N) is 1. The fraction of sp³-hybridized carbons (Fsp3) is 0.176. The number of hydrogen-bond acceptors (Lipinski definition) is 6. The first kappa shape index (κ1) is 14.4. The largest absolute Gasteiger partial charge is 0.496 e. The monoisotopic (exact) mass is 324 g/mol. The van der Waals surface area contributed by atoms with E-state index in [0.29, 0.717) is 28.7 Å². The van der Waals surface area contributed by atoms with Crippen molar-refractivity contribution in [3.05, 3.63) is 36.4 Å². The molecule has 0 atom stereocenters. The lowest BCUT2D eigenvalue weighted by atomic mass is 10.0. The number of aromatic amines is 1. The lowest BCUT2D eigenvalue weighted by Crippen LogP contribution is -1.93. The van der Waals surface area contributed by atoms with Crippen molar-refractivity contribution in [1.82, 2.24) is 15.4 Å². The molecule has 0 saturated carbocycles. The molecule has 2 heterocycles. The molecule has 7 heteroatoms. The van der Waals surface area contributed by atoms with Crippen molar-refractivity contribution in [1.29, 1.82) is 0 Å². The van der Waals surface area contributed by atoms with E-state index in [1.165, 1.54) is 0 Å². The van der Waals surface area contributed by atoms with Gasteiger partial charge in [-0.05, 0) is 30.3 Å². The lowest BCUT2D eigenvalue weighted by Gasteiger charge is -2.08. The molecule has 0 amide bonds. The number of H-pyrrole nitrogens is 1. The molecule has 121 valence electrons. The van der Waals surface area contributed by atoms with E-state index in [4.69, 9.17) is 18.9 Å². The van der Waals surface area contributed by atoms with Gasteiger partial charge in [-0.2, -0.15) is 0 Å². The minimum absolute atomic E-state index is 0.175. The Morgan fingerprint density at radius 3 is 2.79 bits per heavy atom. The van der Waals surface area contributed by atoms with Gasteiger partial charge in [0.15, 0.2) is 11.5 Å². The van der Waals surface area contributed by atoms with Crippen LogP contribution >= 0.6 is 0 Å². The van der Waals surface area contributed by atoms with Crippen LogP contribution in [0.4, 0.5) is 0 Å². The summed E-state index contributed by atoms with van der Waals surface area (Å²) in [4.78, 5) is 0. The molecule has 3 aromatic rings. The van der Waals surface area contributed by atoms with E-state index in [2.05, 4.69) is 21.5 Å². The number of rotatable bonds is 4.